The molecule has 4 rings (SSSR count). The van der Waals surface area contributed by atoms with Crippen LogP contribution in [0.3, 0.4) is 0 Å². The summed E-state index contributed by atoms with van der Waals surface area (Å²) in [6, 6.07) is 12.2. The van der Waals surface area contributed by atoms with Crippen LogP contribution >= 0.6 is 0 Å². The van der Waals surface area contributed by atoms with Crippen molar-refractivity contribution in [2.45, 2.75) is 65.0 Å². The molecular formula is C30H43N3O4. The van der Waals surface area contributed by atoms with Crippen LogP contribution in [-0.2, 0) is 13.1 Å². The molecule has 2 aliphatic heterocycles. The number of hydrogen-bond acceptors (Lipinski definition) is 5. The molecule has 0 bridgehead atoms. The number of benzene rings is 2. The van der Waals surface area contributed by atoms with Crippen LogP contribution < -0.4 is 19.1 Å². The average molecular weight is 510 g/mol. The van der Waals surface area contributed by atoms with Crippen LogP contribution in [0.1, 0.15) is 63.0 Å². The molecule has 2 aliphatic rings. The van der Waals surface area contributed by atoms with Gasteiger partial charge in [-0.05, 0) is 62.5 Å². The Balaban J connectivity index is 1.44. The van der Waals surface area contributed by atoms with E-state index in [4.69, 9.17) is 14.2 Å². The second-order valence-corrected chi connectivity index (χ2v) is 10.1. The highest BCUT2D eigenvalue weighted by Gasteiger charge is 2.28. The van der Waals surface area contributed by atoms with E-state index in [2.05, 4.69) is 30.0 Å². The van der Waals surface area contributed by atoms with Gasteiger partial charge in [0, 0.05) is 37.0 Å². The summed E-state index contributed by atoms with van der Waals surface area (Å²) >= 11 is 0. The fourth-order valence-corrected chi connectivity index (χ4v) is 5.25. The van der Waals surface area contributed by atoms with Crippen molar-refractivity contribution in [1.29, 1.82) is 0 Å². The highest BCUT2D eigenvalue weighted by atomic mass is 16.5. The molecule has 0 aromatic heterocycles. The molecule has 2 aromatic carbocycles. The number of unbranched alkanes of at least 4 members (excludes halogenated alkanes) is 2. The first-order valence-corrected chi connectivity index (χ1v) is 13.9. The van der Waals surface area contributed by atoms with E-state index in [-0.39, 0.29) is 6.03 Å². The number of amides is 2. The Hall–Kier alpha value is -2.93. The Labute approximate surface area is 222 Å². The summed E-state index contributed by atoms with van der Waals surface area (Å²) in [5.41, 5.74) is 3.14. The lowest BCUT2D eigenvalue weighted by Gasteiger charge is -2.36. The Morgan fingerprint density at radius 2 is 1.59 bits per heavy atom. The van der Waals surface area contributed by atoms with Gasteiger partial charge in [0.05, 0.1) is 27.4 Å². The van der Waals surface area contributed by atoms with Crippen LogP contribution in [0, 0.1) is 0 Å². The third-order valence-corrected chi connectivity index (χ3v) is 7.34. The molecule has 0 unspecified atom stereocenters. The van der Waals surface area contributed by atoms with Crippen LogP contribution in [0.25, 0.3) is 0 Å². The summed E-state index contributed by atoms with van der Waals surface area (Å²) in [4.78, 5) is 19.8. The molecule has 0 radical (unpaired) electrons. The Bertz CT molecular complexity index is 1020. The first-order valence-electron chi connectivity index (χ1n) is 13.9. The topological polar surface area (TPSA) is 54.5 Å². The van der Waals surface area contributed by atoms with Gasteiger partial charge in [0.25, 0.3) is 0 Å². The van der Waals surface area contributed by atoms with E-state index >= 15 is 0 Å². The lowest BCUT2D eigenvalue weighted by atomic mass is 10.1. The molecule has 0 aliphatic carbocycles. The molecule has 0 N–H and O–H groups in total. The minimum absolute atomic E-state index is 0.00722. The van der Waals surface area contributed by atoms with E-state index in [0.717, 1.165) is 55.8 Å². The van der Waals surface area contributed by atoms with Gasteiger partial charge >= 0.3 is 6.03 Å². The van der Waals surface area contributed by atoms with Crippen LogP contribution in [0.5, 0.6) is 17.2 Å². The largest absolute Gasteiger partial charge is 0.496 e. The minimum atomic E-state index is 0.00722. The zero-order valence-electron chi connectivity index (χ0n) is 22.8. The van der Waals surface area contributed by atoms with Crippen LogP contribution in [0.2, 0.25) is 0 Å². The summed E-state index contributed by atoms with van der Waals surface area (Å²) in [6.45, 7) is 8.04. The summed E-state index contributed by atoms with van der Waals surface area (Å²) < 4.78 is 17.3. The van der Waals surface area contributed by atoms with Gasteiger partial charge in [0.1, 0.15) is 5.75 Å². The van der Waals surface area contributed by atoms with Crippen molar-refractivity contribution in [1.82, 2.24) is 9.80 Å². The molecule has 7 nitrogen and oxygen atoms in total. The highest BCUT2D eigenvalue weighted by Crippen LogP contribution is 2.34. The van der Waals surface area contributed by atoms with Gasteiger partial charge < -0.3 is 19.1 Å². The van der Waals surface area contributed by atoms with Gasteiger partial charge in [0.15, 0.2) is 11.5 Å². The molecule has 2 amide bonds. The standard InChI is InChI=1S/C30H43N3O4/c1-4-5-9-19-37-29-21-26(13-14-27(29)35-2)33-18-10-17-32(30(33)34)23-25-12-11-24(20-28(25)36-3)22-31-15-7-6-8-16-31/h11-14,20-21H,4-10,15-19,22-23H2,1-3H3. The summed E-state index contributed by atoms with van der Waals surface area (Å²) in [6.07, 6.45) is 8.07. The van der Waals surface area contributed by atoms with Gasteiger partial charge in [-0.2, -0.15) is 0 Å². The summed E-state index contributed by atoms with van der Waals surface area (Å²) in [5, 5.41) is 0. The zero-order chi connectivity index (χ0) is 26.0. The predicted molar refractivity (Wildman–Crippen MR) is 148 cm³/mol. The molecular weight excluding hydrogens is 466 g/mol. The second kappa shape index (κ2) is 13.6. The predicted octanol–water partition coefficient (Wildman–Crippen LogP) is 6.09. The number of piperidine rings is 1. The third-order valence-electron chi connectivity index (χ3n) is 7.34. The number of anilines is 1. The number of likely N-dealkylation sites (tertiary alicyclic amines) is 1. The van der Waals surface area contributed by atoms with E-state index < -0.39 is 0 Å². The number of nitrogens with zero attached hydrogens (tertiary/aromatic N) is 3. The number of carbonyl (C=O) groups excluding carboxylic acids is 1. The van der Waals surface area contributed by atoms with Crippen molar-refractivity contribution in [3.05, 3.63) is 47.5 Å². The average Bonchev–Trinajstić information content (AvgIpc) is 2.93. The quantitative estimate of drug-likeness (QED) is 0.324. The summed E-state index contributed by atoms with van der Waals surface area (Å²) in [5.74, 6) is 2.23. The van der Waals surface area contributed by atoms with Crippen molar-refractivity contribution in [2.75, 3.05) is 51.9 Å². The van der Waals surface area contributed by atoms with E-state index in [1.54, 1.807) is 14.2 Å². The van der Waals surface area contributed by atoms with E-state index in [1.807, 2.05) is 28.0 Å². The maximum Gasteiger partial charge on any atom is 0.324 e. The van der Waals surface area contributed by atoms with E-state index in [1.165, 1.54) is 37.9 Å². The highest BCUT2D eigenvalue weighted by molar-refractivity contribution is 5.93. The molecule has 2 saturated heterocycles. The summed E-state index contributed by atoms with van der Waals surface area (Å²) in [7, 11) is 3.36. The number of urea groups is 1. The van der Waals surface area contributed by atoms with Crippen molar-refractivity contribution >= 4 is 11.7 Å². The van der Waals surface area contributed by atoms with Gasteiger partial charge in [-0.1, -0.05) is 38.3 Å². The first-order chi connectivity index (χ1) is 18.1. The van der Waals surface area contributed by atoms with Crippen LogP contribution in [-0.4, -0.2) is 62.8 Å². The molecule has 7 heteroatoms. The SMILES string of the molecule is CCCCCOc1cc(N2CCCN(Cc3ccc(CN4CCCCC4)cc3OC)C2=O)ccc1OC. The van der Waals surface area contributed by atoms with Gasteiger partial charge in [-0.3, -0.25) is 9.80 Å². The molecule has 37 heavy (non-hydrogen) atoms. The molecule has 2 heterocycles. The lowest BCUT2D eigenvalue weighted by molar-refractivity contribution is 0.191. The number of hydrogen-bond donors (Lipinski definition) is 0. The number of carbonyl (C=O) groups is 1. The molecule has 0 spiro atoms. The Morgan fingerprint density at radius 1 is 0.784 bits per heavy atom. The molecule has 202 valence electrons. The smallest absolute Gasteiger partial charge is 0.324 e. The number of methoxy groups -OCH3 is 2. The fraction of sp³-hybridized carbons (Fsp3) is 0.567. The van der Waals surface area contributed by atoms with Crippen molar-refractivity contribution in [3.8, 4) is 17.2 Å². The van der Waals surface area contributed by atoms with Gasteiger partial charge in [0.2, 0.25) is 0 Å². The normalized spacial score (nSPS) is 16.7. The first kappa shape index (κ1) is 27.1. The molecule has 0 atom stereocenters. The van der Waals surface area contributed by atoms with E-state index in [0.29, 0.717) is 31.2 Å². The fourth-order valence-electron chi connectivity index (χ4n) is 5.25. The van der Waals surface area contributed by atoms with Gasteiger partial charge in [-0.15, -0.1) is 0 Å². The number of ether oxygens (including phenoxy) is 3. The number of rotatable bonds is 12. The Morgan fingerprint density at radius 3 is 2.35 bits per heavy atom. The Kier molecular flexibility index (Phi) is 9.94. The monoisotopic (exact) mass is 509 g/mol. The maximum atomic E-state index is 13.6. The zero-order valence-corrected chi connectivity index (χ0v) is 22.8. The molecule has 0 saturated carbocycles. The van der Waals surface area contributed by atoms with Crippen molar-refractivity contribution in [3.63, 3.8) is 0 Å². The van der Waals surface area contributed by atoms with Gasteiger partial charge in [-0.25, -0.2) is 4.79 Å². The minimum Gasteiger partial charge on any atom is -0.496 e. The lowest BCUT2D eigenvalue weighted by Crippen LogP contribution is -2.49. The molecule has 2 aromatic rings. The third kappa shape index (κ3) is 7.10. The van der Waals surface area contributed by atoms with Crippen LogP contribution in [0.15, 0.2) is 36.4 Å². The second-order valence-electron chi connectivity index (χ2n) is 10.1. The van der Waals surface area contributed by atoms with Crippen molar-refractivity contribution in [2.24, 2.45) is 0 Å². The van der Waals surface area contributed by atoms with Crippen molar-refractivity contribution < 1.29 is 19.0 Å². The van der Waals surface area contributed by atoms with Crippen LogP contribution in [0.4, 0.5) is 10.5 Å². The maximum absolute atomic E-state index is 13.6. The molecule has 2 fully saturated rings. The van der Waals surface area contributed by atoms with E-state index in [9.17, 15) is 4.79 Å².